The predicted molar refractivity (Wildman–Crippen MR) is 70.0 cm³/mol. The van der Waals surface area contributed by atoms with E-state index in [4.69, 9.17) is 14.2 Å². The van der Waals surface area contributed by atoms with Crippen molar-refractivity contribution in [3.63, 3.8) is 0 Å². The van der Waals surface area contributed by atoms with E-state index in [1.54, 1.807) is 7.11 Å². The van der Waals surface area contributed by atoms with Crippen LogP contribution in [0.1, 0.15) is 25.3 Å². The van der Waals surface area contributed by atoms with Crippen LogP contribution in [0.25, 0.3) is 0 Å². The summed E-state index contributed by atoms with van der Waals surface area (Å²) in [5.74, 6) is 1.53. The summed E-state index contributed by atoms with van der Waals surface area (Å²) in [6.45, 7) is 3.66. The second-order valence-corrected chi connectivity index (χ2v) is 4.36. The minimum absolute atomic E-state index is 0.257. The van der Waals surface area contributed by atoms with Crippen LogP contribution in [0, 0.1) is 0 Å². The van der Waals surface area contributed by atoms with Gasteiger partial charge < -0.3 is 19.5 Å². The molecule has 100 valence electrons. The first-order valence-corrected chi connectivity index (χ1v) is 6.45. The number of rotatable bonds is 8. The largest absolute Gasteiger partial charge is 0.493 e. The molecule has 1 N–H and O–H groups in total. The van der Waals surface area contributed by atoms with Crippen molar-refractivity contribution in [1.29, 1.82) is 0 Å². The molecular formula is C14H21NO3. The molecule has 2 rings (SSSR count). The van der Waals surface area contributed by atoms with E-state index in [1.165, 1.54) is 12.8 Å². The van der Waals surface area contributed by atoms with E-state index in [2.05, 4.69) is 11.4 Å². The van der Waals surface area contributed by atoms with Gasteiger partial charge in [0.15, 0.2) is 18.3 Å². The predicted octanol–water partition coefficient (Wildman–Crippen LogP) is 2.32. The molecule has 0 aliphatic heterocycles. The number of ether oxygens (including phenoxy) is 3. The summed E-state index contributed by atoms with van der Waals surface area (Å²) < 4.78 is 16.2. The number of para-hydroxylation sites is 1. The maximum absolute atomic E-state index is 5.67. The van der Waals surface area contributed by atoms with E-state index in [-0.39, 0.29) is 6.79 Å². The lowest BCUT2D eigenvalue weighted by molar-refractivity contribution is 0.0202. The molecule has 1 aliphatic rings. The minimum Gasteiger partial charge on any atom is -0.493 e. The van der Waals surface area contributed by atoms with E-state index >= 15 is 0 Å². The van der Waals surface area contributed by atoms with Crippen molar-refractivity contribution in [2.75, 3.05) is 20.5 Å². The number of nitrogens with one attached hydrogen (secondary N) is 1. The van der Waals surface area contributed by atoms with E-state index in [9.17, 15) is 0 Å². The molecule has 0 saturated heterocycles. The summed E-state index contributed by atoms with van der Waals surface area (Å²) in [6, 6.07) is 6.62. The van der Waals surface area contributed by atoms with Gasteiger partial charge in [0.2, 0.25) is 0 Å². The number of hydrogen-bond donors (Lipinski definition) is 1. The van der Waals surface area contributed by atoms with Crippen molar-refractivity contribution in [3.05, 3.63) is 23.8 Å². The zero-order valence-electron chi connectivity index (χ0n) is 11.1. The van der Waals surface area contributed by atoms with Gasteiger partial charge in [-0.25, -0.2) is 0 Å². The molecule has 0 spiro atoms. The Morgan fingerprint density at radius 3 is 2.83 bits per heavy atom. The molecule has 1 aromatic carbocycles. The van der Waals surface area contributed by atoms with Gasteiger partial charge >= 0.3 is 0 Å². The van der Waals surface area contributed by atoms with Crippen molar-refractivity contribution in [1.82, 2.24) is 5.32 Å². The van der Waals surface area contributed by atoms with Gasteiger partial charge in [0.1, 0.15) is 0 Å². The highest BCUT2D eigenvalue weighted by molar-refractivity contribution is 5.46. The first-order chi connectivity index (χ1) is 8.85. The normalized spacial score (nSPS) is 14.6. The third-order valence-electron chi connectivity index (χ3n) is 2.93. The van der Waals surface area contributed by atoms with E-state index in [1.807, 2.05) is 19.1 Å². The molecule has 4 heteroatoms. The third-order valence-corrected chi connectivity index (χ3v) is 2.93. The van der Waals surface area contributed by atoms with Gasteiger partial charge in [-0.05, 0) is 25.8 Å². The van der Waals surface area contributed by atoms with Gasteiger partial charge in [-0.3, -0.25) is 0 Å². The molecule has 0 heterocycles. The fourth-order valence-corrected chi connectivity index (χ4v) is 1.75. The molecular weight excluding hydrogens is 230 g/mol. The van der Waals surface area contributed by atoms with Crippen molar-refractivity contribution in [3.8, 4) is 11.5 Å². The van der Waals surface area contributed by atoms with Crippen molar-refractivity contribution >= 4 is 0 Å². The topological polar surface area (TPSA) is 39.7 Å². The Balaban J connectivity index is 2.03. The Morgan fingerprint density at radius 1 is 1.33 bits per heavy atom. The molecule has 1 aromatic rings. The first kappa shape index (κ1) is 13.2. The lowest BCUT2D eigenvalue weighted by atomic mass is 10.2. The maximum Gasteiger partial charge on any atom is 0.189 e. The fraction of sp³-hybridized carbons (Fsp3) is 0.571. The highest BCUT2D eigenvalue weighted by Gasteiger charge is 2.21. The molecule has 1 aliphatic carbocycles. The van der Waals surface area contributed by atoms with Crippen molar-refractivity contribution in [2.24, 2.45) is 0 Å². The standard InChI is InChI=1S/C14H21NO3/c1-3-17-10-18-14-11(9-15-12-7-8-12)5-4-6-13(14)16-2/h4-6,12,15H,3,7-10H2,1-2H3. The van der Waals surface area contributed by atoms with Crippen LogP contribution in [0.2, 0.25) is 0 Å². The summed E-state index contributed by atoms with van der Waals surface area (Å²) in [5.41, 5.74) is 1.11. The van der Waals surface area contributed by atoms with Gasteiger partial charge in [0.25, 0.3) is 0 Å². The molecule has 1 saturated carbocycles. The zero-order valence-corrected chi connectivity index (χ0v) is 11.1. The van der Waals surface area contributed by atoms with Gasteiger partial charge in [-0.15, -0.1) is 0 Å². The van der Waals surface area contributed by atoms with Crippen molar-refractivity contribution < 1.29 is 14.2 Å². The second kappa shape index (κ2) is 6.61. The fourth-order valence-electron chi connectivity index (χ4n) is 1.75. The first-order valence-electron chi connectivity index (χ1n) is 6.45. The SMILES string of the molecule is CCOCOc1c(CNC2CC2)cccc1OC. The maximum atomic E-state index is 5.67. The van der Waals surface area contributed by atoms with Crippen LogP contribution in [0.4, 0.5) is 0 Å². The van der Waals surface area contributed by atoms with E-state index in [0.717, 1.165) is 23.6 Å². The van der Waals surface area contributed by atoms with Crippen LogP contribution in [0.5, 0.6) is 11.5 Å². The van der Waals surface area contributed by atoms with Crippen LogP contribution < -0.4 is 14.8 Å². The lowest BCUT2D eigenvalue weighted by Gasteiger charge is -2.15. The lowest BCUT2D eigenvalue weighted by Crippen LogP contribution is -2.16. The van der Waals surface area contributed by atoms with Crippen LogP contribution in [0.3, 0.4) is 0 Å². The minimum atomic E-state index is 0.257. The molecule has 0 unspecified atom stereocenters. The number of methoxy groups -OCH3 is 1. The van der Waals surface area contributed by atoms with Crippen LogP contribution in [-0.4, -0.2) is 26.6 Å². The Hall–Kier alpha value is -1.26. The Morgan fingerprint density at radius 2 is 2.17 bits per heavy atom. The van der Waals surface area contributed by atoms with Crippen LogP contribution in [0.15, 0.2) is 18.2 Å². The summed E-state index contributed by atoms with van der Waals surface area (Å²) >= 11 is 0. The van der Waals surface area contributed by atoms with Crippen LogP contribution >= 0.6 is 0 Å². The van der Waals surface area contributed by atoms with E-state index < -0.39 is 0 Å². The molecule has 1 fully saturated rings. The highest BCUT2D eigenvalue weighted by atomic mass is 16.7. The van der Waals surface area contributed by atoms with Gasteiger partial charge in [-0.1, -0.05) is 12.1 Å². The van der Waals surface area contributed by atoms with Gasteiger partial charge in [0, 0.05) is 24.8 Å². The Bertz CT molecular complexity index is 377. The second-order valence-electron chi connectivity index (χ2n) is 4.36. The number of hydrogen-bond acceptors (Lipinski definition) is 4. The van der Waals surface area contributed by atoms with E-state index in [0.29, 0.717) is 12.6 Å². The zero-order chi connectivity index (χ0) is 12.8. The van der Waals surface area contributed by atoms with Gasteiger partial charge in [0.05, 0.1) is 7.11 Å². The average molecular weight is 251 g/mol. The monoisotopic (exact) mass is 251 g/mol. The Labute approximate surface area is 108 Å². The van der Waals surface area contributed by atoms with Crippen LogP contribution in [-0.2, 0) is 11.3 Å². The average Bonchev–Trinajstić information content (AvgIpc) is 3.21. The number of benzene rings is 1. The summed E-state index contributed by atoms with van der Waals surface area (Å²) in [6.07, 6.45) is 2.55. The smallest absolute Gasteiger partial charge is 0.189 e. The molecule has 0 amide bonds. The quantitative estimate of drug-likeness (QED) is 0.568. The molecule has 0 bridgehead atoms. The molecule has 0 radical (unpaired) electrons. The molecule has 0 aromatic heterocycles. The molecule has 18 heavy (non-hydrogen) atoms. The molecule has 0 atom stereocenters. The van der Waals surface area contributed by atoms with Gasteiger partial charge in [-0.2, -0.15) is 0 Å². The summed E-state index contributed by atoms with van der Waals surface area (Å²) in [4.78, 5) is 0. The summed E-state index contributed by atoms with van der Waals surface area (Å²) in [7, 11) is 1.65. The molecule has 4 nitrogen and oxygen atoms in total. The highest BCUT2D eigenvalue weighted by Crippen LogP contribution is 2.31. The Kier molecular flexibility index (Phi) is 4.84. The third kappa shape index (κ3) is 3.62. The van der Waals surface area contributed by atoms with Crippen molar-refractivity contribution in [2.45, 2.75) is 32.4 Å². The summed E-state index contributed by atoms with van der Waals surface area (Å²) in [5, 5.41) is 3.48.